The first-order valence-corrected chi connectivity index (χ1v) is 11.6. The van der Waals surface area contributed by atoms with Gasteiger partial charge in [-0.15, -0.1) is 0 Å². The molecule has 1 fully saturated rings. The molecule has 0 radical (unpaired) electrons. The number of carbonyl (C=O) groups excluding carboxylic acids is 3. The number of thioether (sulfide) groups is 1. The number of methoxy groups -OCH3 is 1. The number of halogens is 1. The molecule has 0 spiro atoms. The highest BCUT2D eigenvalue weighted by Crippen LogP contribution is 2.35. The van der Waals surface area contributed by atoms with Crippen LogP contribution in [-0.4, -0.2) is 34.0 Å². The number of hydrogen-bond donors (Lipinski definition) is 0. The topological polar surface area (TPSA) is 116 Å². The van der Waals surface area contributed by atoms with Crippen LogP contribution in [0.5, 0.6) is 11.5 Å². The lowest BCUT2D eigenvalue weighted by Gasteiger charge is -2.12. The lowest BCUT2D eigenvalue weighted by molar-refractivity contribution is -0.384. The number of imide groups is 1. The minimum atomic E-state index is -0.642. The minimum Gasteiger partial charge on any atom is -0.493 e. The molecule has 4 rings (SSSR count). The van der Waals surface area contributed by atoms with E-state index in [4.69, 9.17) is 21.1 Å². The zero-order chi connectivity index (χ0) is 25.8. The minimum absolute atomic E-state index is 0.0227. The number of benzene rings is 3. The van der Waals surface area contributed by atoms with E-state index in [1.807, 2.05) is 0 Å². The number of carbonyl (C=O) groups is 3. The van der Waals surface area contributed by atoms with Gasteiger partial charge in [-0.05, 0) is 59.3 Å². The van der Waals surface area contributed by atoms with E-state index in [0.717, 1.165) is 16.7 Å². The number of non-ortho nitro benzene ring substituents is 1. The van der Waals surface area contributed by atoms with Crippen molar-refractivity contribution in [3.05, 3.63) is 103 Å². The standard InChI is InChI=1S/C25H17ClN2O7S/c1-34-20-10-7-16(11-21(20)35-24(30)17-3-2-4-18(26)13-17)12-22-23(29)27(25(31)36-22)14-15-5-8-19(9-6-15)28(32)33/h2-13H,14H2,1H3/b22-12-. The number of ether oxygens (including phenoxy) is 2. The van der Waals surface area contributed by atoms with Gasteiger partial charge in [-0.25, -0.2) is 4.79 Å². The molecule has 182 valence electrons. The second kappa shape index (κ2) is 10.6. The average molecular weight is 525 g/mol. The Morgan fingerprint density at radius 1 is 1.08 bits per heavy atom. The fraction of sp³-hybridized carbons (Fsp3) is 0.0800. The Labute approximate surface area is 214 Å². The van der Waals surface area contributed by atoms with Gasteiger partial charge in [0.15, 0.2) is 11.5 Å². The zero-order valence-electron chi connectivity index (χ0n) is 18.7. The summed E-state index contributed by atoms with van der Waals surface area (Å²) in [5.74, 6) is -0.719. The SMILES string of the molecule is COc1ccc(/C=C2\SC(=O)N(Cc3ccc([N+](=O)[O-])cc3)C2=O)cc1OC(=O)c1cccc(Cl)c1. The third kappa shape index (κ3) is 5.56. The van der Waals surface area contributed by atoms with E-state index in [0.29, 0.717) is 21.9 Å². The first kappa shape index (κ1) is 25.0. The largest absolute Gasteiger partial charge is 0.493 e. The van der Waals surface area contributed by atoms with Crippen molar-refractivity contribution in [2.24, 2.45) is 0 Å². The zero-order valence-corrected chi connectivity index (χ0v) is 20.2. The van der Waals surface area contributed by atoms with Crippen LogP contribution in [0.2, 0.25) is 5.02 Å². The molecular formula is C25H17ClN2O7S. The third-order valence-corrected chi connectivity index (χ3v) is 6.25. The van der Waals surface area contributed by atoms with Gasteiger partial charge in [0, 0.05) is 17.2 Å². The smallest absolute Gasteiger partial charge is 0.343 e. The Bertz CT molecular complexity index is 1410. The van der Waals surface area contributed by atoms with Crippen LogP contribution in [0.25, 0.3) is 6.08 Å². The van der Waals surface area contributed by atoms with E-state index in [2.05, 4.69) is 0 Å². The third-order valence-electron chi connectivity index (χ3n) is 5.11. The highest BCUT2D eigenvalue weighted by molar-refractivity contribution is 8.18. The van der Waals surface area contributed by atoms with E-state index < -0.39 is 22.0 Å². The van der Waals surface area contributed by atoms with Crippen molar-refractivity contribution in [3.63, 3.8) is 0 Å². The molecule has 36 heavy (non-hydrogen) atoms. The molecule has 1 aliphatic heterocycles. The molecule has 3 aromatic carbocycles. The summed E-state index contributed by atoms with van der Waals surface area (Å²) in [7, 11) is 1.43. The molecule has 0 atom stereocenters. The Morgan fingerprint density at radius 3 is 2.50 bits per heavy atom. The van der Waals surface area contributed by atoms with Gasteiger partial charge >= 0.3 is 5.97 Å². The van der Waals surface area contributed by atoms with Crippen molar-refractivity contribution in [2.75, 3.05) is 7.11 Å². The molecule has 1 saturated heterocycles. The molecule has 0 saturated carbocycles. The number of hydrogen-bond acceptors (Lipinski definition) is 8. The summed E-state index contributed by atoms with van der Waals surface area (Å²) in [6.45, 7) is -0.0227. The average Bonchev–Trinajstić information content (AvgIpc) is 3.11. The van der Waals surface area contributed by atoms with Gasteiger partial charge in [-0.1, -0.05) is 35.9 Å². The predicted octanol–water partition coefficient (Wildman–Crippen LogP) is 5.71. The van der Waals surface area contributed by atoms with Gasteiger partial charge in [0.25, 0.3) is 16.8 Å². The van der Waals surface area contributed by atoms with Crippen molar-refractivity contribution in [3.8, 4) is 11.5 Å². The summed E-state index contributed by atoms with van der Waals surface area (Å²) in [5.41, 5.74) is 1.25. The predicted molar refractivity (Wildman–Crippen MR) is 134 cm³/mol. The molecule has 1 aliphatic rings. The number of nitro benzene ring substituents is 1. The molecule has 0 aliphatic carbocycles. The number of rotatable bonds is 7. The van der Waals surface area contributed by atoms with Crippen molar-refractivity contribution in [2.45, 2.75) is 6.54 Å². The van der Waals surface area contributed by atoms with Crippen LogP contribution in [-0.2, 0) is 11.3 Å². The van der Waals surface area contributed by atoms with Gasteiger partial charge < -0.3 is 9.47 Å². The van der Waals surface area contributed by atoms with E-state index in [-0.39, 0.29) is 28.5 Å². The van der Waals surface area contributed by atoms with Gasteiger partial charge in [-0.2, -0.15) is 0 Å². The molecule has 0 aromatic heterocycles. The second-order valence-electron chi connectivity index (χ2n) is 7.50. The van der Waals surface area contributed by atoms with Gasteiger partial charge in [0.1, 0.15) is 0 Å². The molecule has 2 amide bonds. The van der Waals surface area contributed by atoms with Gasteiger partial charge in [0.05, 0.1) is 29.0 Å². The number of amides is 2. The first-order chi connectivity index (χ1) is 17.2. The number of esters is 1. The summed E-state index contributed by atoms with van der Waals surface area (Å²) >= 11 is 6.71. The van der Waals surface area contributed by atoms with Crippen LogP contribution in [0.1, 0.15) is 21.5 Å². The lowest BCUT2D eigenvalue weighted by Crippen LogP contribution is -2.27. The van der Waals surface area contributed by atoms with Gasteiger partial charge in [-0.3, -0.25) is 24.6 Å². The van der Waals surface area contributed by atoms with Crippen molar-refractivity contribution < 1.29 is 28.8 Å². The molecule has 3 aromatic rings. The molecule has 1 heterocycles. The maximum atomic E-state index is 12.9. The molecule has 9 nitrogen and oxygen atoms in total. The quantitative estimate of drug-likeness (QED) is 0.127. The van der Waals surface area contributed by atoms with Crippen LogP contribution < -0.4 is 9.47 Å². The van der Waals surface area contributed by atoms with Crippen LogP contribution in [0.3, 0.4) is 0 Å². The van der Waals surface area contributed by atoms with Gasteiger partial charge in [0.2, 0.25) is 0 Å². The number of nitrogens with zero attached hydrogens (tertiary/aromatic N) is 2. The highest BCUT2D eigenvalue weighted by atomic mass is 35.5. The first-order valence-electron chi connectivity index (χ1n) is 10.4. The van der Waals surface area contributed by atoms with E-state index in [1.54, 1.807) is 30.3 Å². The van der Waals surface area contributed by atoms with Crippen molar-refractivity contribution in [1.29, 1.82) is 0 Å². The maximum Gasteiger partial charge on any atom is 0.343 e. The van der Waals surface area contributed by atoms with Crippen LogP contribution in [0, 0.1) is 10.1 Å². The summed E-state index contributed by atoms with van der Waals surface area (Å²) in [5, 5.41) is 10.7. The lowest BCUT2D eigenvalue weighted by atomic mass is 10.1. The summed E-state index contributed by atoms with van der Waals surface area (Å²) in [4.78, 5) is 49.5. The van der Waals surface area contributed by atoms with Crippen LogP contribution in [0.15, 0.2) is 71.6 Å². The summed E-state index contributed by atoms with van der Waals surface area (Å²) in [6, 6.07) is 16.7. The molecule has 0 unspecified atom stereocenters. The Balaban J connectivity index is 1.53. The fourth-order valence-corrected chi connectivity index (χ4v) is 4.36. The second-order valence-corrected chi connectivity index (χ2v) is 8.93. The maximum absolute atomic E-state index is 12.9. The van der Waals surface area contributed by atoms with Crippen molar-refractivity contribution >= 4 is 52.2 Å². The molecule has 0 bridgehead atoms. The van der Waals surface area contributed by atoms with Crippen LogP contribution in [0.4, 0.5) is 10.5 Å². The Morgan fingerprint density at radius 2 is 1.83 bits per heavy atom. The molecule has 0 N–H and O–H groups in total. The van der Waals surface area contributed by atoms with E-state index >= 15 is 0 Å². The normalized spacial score (nSPS) is 14.3. The Hall–Kier alpha value is -4.15. The number of nitro groups is 1. The highest BCUT2D eigenvalue weighted by Gasteiger charge is 2.35. The molecule has 11 heteroatoms. The summed E-state index contributed by atoms with van der Waals surface area (Å²) < 4.78 is 10.8. The fourth-order valence-electron chi connectivity index (χ4n) is 3.33. The molecular weight excluding hydrogens is 508 g/mol. The van der Waals surface area contributed by atoms with Crippen LogP contribution >= 0.6 is 23.4 Å². The monoisotopic (exact) mass is 524 g/mol. The van der Waals surface area contributed by atoms with Crippen molar-refractivity contribution in [1.82, 2.24) is 4.90 Å². The Kier molecular flexibility index (Phi) is 7.37. The van der Waals surface area contributed by atoms with E-state index in [9.17, 15) is 24.5 Å². The summed E-state index contributed by atoms with van der Waals surface area (Å²) in [6.07, 6.45) is 1.51. The van der Waals surface area contributed by atoms with E-state index in [1.165, 1.54) is 49.6 Å².